The summed E-state index contributed by atoms with van der Waals surface area (Å²) in [6.07, 6.45) is 11.9. The number of anilines is 1. The summed E-state index contributed by atoms with van der Waals surface area (Å²) in [7, 11) is 3.96. The van der Waals surface area contributed by atoms with Crippen molar-refractivity contribution >= 4 is 77.9 Å². The van der Waals surface area contributed by atoms with E-state index in [9.17, 15) is 59.6 Å². The molecule has 4 aromatic heterocycles. The second-order valence-electron chi connectivity index (χ2n) is 28.3. The highest BCUT2D eigenvalue weighted by Crippen LogP contribution is 2.38. The van der Waals surface area contributed by atoms with Crippen LogP contribution < -0.4 is 27.4 Å². The van der Waals surface area contributed by atoms with Crippen LogP contribution in [0.3, 0.4) is 0 Å². The molecule has 3 aliphatic heterocycles. The van der Waals surface area contributed by atoms with E-state index in [0.29, 0.717) is 97.4 Å². The number of para-hydroxylation sites is 1. The number of likely N-dealkylation sites (tertiary alicyclic amines) is 1. The largest absolute Gasteiger partial charge is 0.423 e. The van der Waals surface area contributed by atoms with Gasteiger partial charge < -0.3 is 27.5 Å². The fourth-order valence-electron chi connectivity index (χ4n) is 14.9. The lowest BCUT2D eigenvalue weighted by Gasteiger charge is -2.36. The van der Waals surface area contributed by atoms with Gasteiger partial charge in [0.05, 0.1) is 25.3 Å². The number of hydrogen-bond donors (Lipinski definition) is 0. The topological polar surface area (TPSA) is 310 Å². The summed E-state index contributed by atoms with van der Waals surface area (Å²) in [5.41, 5.74) is 10.5. The maximum absolute atomic E-state index is 11.5. The van der Waals surface area contributed by atoms with Gasteiger partial charge in [0.2, 0.25) is 0 Å². The molecule has 2 fully saturated rings. The Bertz CT molecular complexity index is 5600. The van der Waals surface area contributed by atoms with Gasteiger partial charge in [-0.1, -0.05) is 103 Å². The van der Waals surface area contributed by atoms with Crippen molar-refractivity contribution in [2.24, 2.45) is 0 Å². The van der Waals surface area contributed by atoms with Gasteiger partial charge in [0.25, 0.3) is 22.7 Å². The number of nitro groups is 4. The third-order valence-corrected chi connectivity index (χ3v) is 20.5. The van der Waals surface area contributed by atoms with Crippen molar-refractivity contribution in [2.75, 3.05) is 84.4 Å². The molecule has 25 nitrogen and oxygen atoms in total. The van der Waals surface area contributed by atoms with Gasteiger partial charge >= 0.3 is 22.5 Å². The number of piperazine rings is 1. The molecule has 15 rings (SSSR count). The molecule has 2 saturated heterocycles. The van der Waals surface area contributed by atoms with Crippen LogP contribution in [0.2, 0.25) is 0 Å². The highest BCUT2D eigenvalue weighted by atomic mass is 16.6. The molecule has 25 heteroatoms. The number of fused-ring (bicyclic) bond motifs is 4. The van der Waals surface area contributed by atoms with Crippen molar-refractivity contribution in [2.45, 2.75) is 83.7 Å². The van der Waals surface area contributed by atoms with Crippen LogP contribution in [0.15, 0.2) is 249 Å². The predicted molar refractivity (Wildman–Crippen MR) is 434 cm³/mol. The molecule has 0 unspecified atom stereocenters. The van der Waals surface area contributed by atoms with Gasteiger partial charge in [0.15, 0.2) is 0 Å². The van der Waals surface area contributed by atoms with E-state index in [2.05, 4.69) is 98.5 Å². The first-order chi connectivity index (χ1) is 54.3. The molecular weight excluding hydrogens is 1430 g/mol. The lowest BCUT2D eigenvalue weighted by molar-refractivity contribution is -0.385. The van der Waals surface area contributed by atoms with E-state index in [4.69, 9.17) is 17.7 Å². The molecule has 0 radical (unpaired) electrons. The van der Waals surface area contributed by atoms with Crippen LogP contribution in [0.1, 0.15) is 83.9 Å². The average molecular weight is 1510 g/mol. The minimum absolute atomic E-state index is 0.0169. The molecule has 3 aliphatic rings. The maximum atomic E-state index is 11.5. The van der Waals surface area contributed by atoms with E-state index >= 15 is 0 Å². The molecule has 0 N–H and O–H groups in total. The van der Waals surface area contributed by atoms with Gasteiger partial charge in [-0.15, -0.1) is 0 Å². The quantitative estimate of drug-likeness (QED) is 0.0235. The first-order valence-corrected chi connectivity index (χ1v) is 37.6. The first-order valence-electron chi connectivity index (χ1n) is 37.6. The Morgan fingerprint density at radius 2 is 0.804 bits per heavy atom. The monoisotopic (exact) mass is 1510 g/mol. The Hall–Kier alpha value is -12.4. The number of aryl methyl sites for hydroxylation is 4. The summed E-state index contributed by atoms with van der Waals surface area (Å²) in [6, 6.07) is 60.3. The number of benzene rings is 8. The number of nitrogens with zero attached hydrogens (tertiary/aromatic N) is 9. The standard InChI is InChI=1S/C24H24N2O4.C23H25N3O4.C22H22N2O4.C18H16N2O4/c27-24-12-9-21-20(22(26(28)29)10-11-23(21)30-24)8-4-5-15-25-16-13-19(14-17-25)18-6-2-1-3-7-18;27-23-12-9-20-19(21(26(28)29)10-11-22(20)30-23)8-4-5-13-24-14-16-25(17-15-24)18-6-2-1-3-7-18;25-22-12-9-19-18(20(24(26)27)10-11-21(19)28-22)8-7-16-3-5-17(6-4-16)15-23-13-1-2-14-23;1-19(2)11-12-3-5-13(6-4-12)18-14-7-10-17(21)24-16(14)9-8-15(18)20(22)23/h1-3,6-7,9-13H,4-5,8,14-17H2;1-3,6-7,9-12H,4-5,8,13-17H2;3-6,9-12H,1-2,7-8,13-15H2;3-10H,11H2,1-2H3. The average Bonchev–Trinajstić information content (AvgIpc) is 0.787. The number of unbranched alkanes of at least 4 members (excludes halogenated alkanes) is 2. The summed E-state index contributed by atoms with van der Waals surface area (Å²) in [5, 5.41) is 48.3. The van der Waals surface area contributed by atoms with E-state index in [-0.39, 0.29) is 37.5 Å². The molecule has 0 saturated carbocycles. The van der Waals surface area contributed by atoms with Crippen molar-refractivity contribution < 1.29 is 37.4 Å². The molecular formula is C87H87N9O16. The molecule has 0 spiro atoms. The smallest absolute Gasteiger partial charge is 0.336 e. The van der Waals surface area contributed by atoms with Gasteiger partial charge in [-0.05, 0) is 205 Å². The minimum Gasteiger partial charge on any atom is -0.423 e. The van der Waals surface area contributed by atoms with Gasteiger partial charge in [-0.25, -0.2) is 19.2 Å². The van der Waals surface area contributed by atoms with Crippen molar-refractivity contribution in [3.8, 4) is 11.1 Å². The van der Waals surface area contributed by atoms with Crippen molar-refractivity contribution in [1.29, 1.82) is 0 Å². The summed E-state index contributed by atoms with van der Waals surface area (Å²) >= 11 is 0. The molecule has 0 bridgehead atoms. The molecule has 0 atom stereocenters. The normalized spacial score (nSPS) is 13.9. The summed E-state index contributed by atoms with van der Waals surface area (Å²) in [6.45, 7) is 12.1. The lowest BCUT2D eigenvalue weighted by Crippen LogP contribution is -2.46. The van der Waals surface area contributed by atoms with Crippen LogP contribution in [0.25, 0.3) is 60.6 Å². The van der Waals surface area contributed by atoms with Crippen LogP contribution in [0, 0.1) is 40.5 Å². The second kappa shape index (κ2) is 37.8. The molecule has 0 aliphatic carbocycles. The summed E-state index contributed by atoms with van der Waals surface area (Å²) in [4.78, 5) is 102. The molecule has 0 amide bonds. The summed E-state index contributed by atoms with van der Waals surface area (Å²) in [5.74, 6) is 0. The number of nitro benzene ring substituents is 4. The zero-order valence-electron chi connectivity index (χ0n) is 62.5. The zero-order valence-corrected chi connectivity index (χ0v) is 62.5. The zero-order chi connectivity index (χ0) is 78.6. The van der Waals surface area contributed by atoms with E-state index in [1.54, 1.807) is 24.3 Å². The second-order valence-corrected chi connectivity index (χ2v) is 28.3. The van der Waals surface area contributed by atoms with Crippen LogP contribution in [0.5, 0.6) is 0 Å². The number of hydrogen-bond acceptors (Lipinski definition) is 21. The lowest BCUT2D eigenvalue weighted by atomic mass is 9.98. The van der Waals surface area contributed by atoms with Crippen molar-refractivity contribution in [3.05, 3.63) is 333 Å². The molecule has 7 heterocycles. The van der Waals surface area contributed by atoms with Gasteiger partial charge in [-0.2, -0.15) is 0 Å². The molecule has 12 aromatic rings. The van der Waals surface area contributed by atoms with E-state index < -0.39 is 27.4 Å². The fourth-order valence-corrected chi connectivity index (χ4v) is 14.9. The fraction of sp³-hybridized carbons (Fsp3) is 0.287. The third-order valence-electron chi connectivity index (χ3n) is 20.5. The molecule has 112 heavy (non-hydrogen) atoms. The highest BCUT2D eigenvalue weighted by molar-refractivity contribution is 5.98. The SMILES string of the molecule is CN(C)Cc1ccc(-c2c([N+](=O)[O-])ccc3oc(=O)ccc23)cc1.O=c1ccc2c(CCCCN3CC=C(c4ccccc4)CC3)c([N+](=O)[O-])ccc2o1.O=c1ccc2c(CCCCN3CCN(c4ccccc4)CC3)c([N+](=O)[O-])ccc2o1.O=c1ccc2c(CCc3ccc(CN4CCCC4)cc3)c([N+](=O)[O-])ccc2o1. The van der Waals surface area contributed by atoms with Crippen LogP contribution in [0.4, 0.5) is 28.4 Å². The maximum Gasteiger partial charge on any atom is 0.336 e. The van der Waals surface area contributed by atoms with E-state index in [0.717, 1.165) is 109 Å². The minimum atomic E-state index is -0.483. The highest BCUT2D eigenvalue weighted by Gasteiger charge is 2.25. The Balaban J connectivity index is 0.000000139. The summed E-state index contributed by atoms with van der Waals surface area (Å²) < 4.78 is 20.7. The van der Waals surface area contributed by atoms with E-state index in [1.807, 2.05) is 55.4 Å². The first kappa shape index (κ1) is 79.1. The van der Waals surface area contributed by atoms with Gasteiger partial charge in [0.1, 0.15) is 22.3 Å². The Labute approximate surface area is 644 Å². The molecule has 8 aromatic carbocycles. The van der Waals surface area contributed by atoms with Crippen molar-refractivity contribution in [1.82, 2.24) is 19.6 Å². The van der Waals surface area contributed by atoms with Crippen LogP contribution in [-0.4, -0.2) is 119 Å². The Kier molecular flexibility index (Phi) is 26.7. The van der Waals surface area contributed by atoms with Crippen molar-refractivity contribution in [3.63, 3.8) is 0 Å². The van der Waals surface area contributed by atoms with E-state index in [1.165, 1.54) is 121 Å². The van der Waals surface area contributed by atoms with Crippen LogP contribution >= 0.6 is 0 Å². The third kappa shape index (κ3) is 20.7. The molecule has 576 valence electrons. The van der Waals surface area contributed by atoms with Gasteiger partial charge in [0, 0.05) is 145 Å². The Morgan fingerprint density at radius 1 is 0.375 bits per heavy atom. The van der Waals surface area contributed by atoms with Crippen LogP contribution in [-0.2, 0) is 38.8 Å². The Morgan fingerprint density at radius 3 is 1.27 bits per heavy atom. The number of rotatable bonds is 24. The predicted octanol–water partition coefficient (Wildman–Crippen LogP) is 16.2. The van der Waals surface area contributed by atoms with Gasteiger partial charge in [-0.3, -0.25) is 55.2 Å².